The molecule has 1 amide bonds. The molecule has 0 spiro atoms. The van der Waals surface area contributed by atoms with Crippen LogP contribution in [0.3, 0.4) is 0 Å². The second-order valence-corrected chi connectivity index (χ2v) is 4.50. The van der Waals surface area contributed by atoms with Crippen LogP contribution in [0.5, 0.6) is 0 Å². The standard InChI is InChI=1S/C14H18N4O2/c1-3-10(4-2)17-14(19)11-12(18-20-13(11)15)9-6-5-7-16-8-9/h5-8,10H,3-4,15H2,1-2H3,(H,17,19). The van der Waals surface area contributed by atoms with Crippen LogP contribution in [-0.2, 0) is 0 Å². The number of aromatic nitrogens is 2. The third-order valence-electron chi connectivity index (χ3n) is 3.20. The van der Waals surface area contributed by atoms with E-state index >= 15 is 0 Å². The minimum absolute atomic E-state index is 0.0207. The van der Waals surface area contributed by atoms with E-state index in [1.54, 1.807) is 24.5 Å². The highest BCUT2D eigenvalue weighted by atomic mass is 16.5. The van der Waals surface area contributed by atoms with Gasteiger partial charge in [0.1, 0.15) is 11.3 Å². The van der Waals surface area contributed by atoms with Crippen molar-refractivity contribution in [3.63, 3.8) is 0 Å². The molecule has 0 aliphatic heterocycles. The van der Waals surface area contributed by atoms with E-state index in [9.17, 15) is 4.79 Å². The van der Waals surface area contributed by atoms with Gasteiger partial charge in [-0.3, -0.25) is 9.78 Å². The van der Waals surface area contributed by atoms with Crippen LogP contribution in [0.4, 0.5) is 5.88 Å². The van der Waals surface area contributed by atoms with E-state index in [1.807, 2.05) is 13.8 Å². The number of amides is 1. The van der Waals surface area contributed by atoms with Crippen LogP contribution in [0, 0.1) is 0 Å². The third-order valence-corrected chi connectivity index (χ3v) is 3.20. The molecule has 0 aliphatic rings. The smallest absolute Gasteiger partial charge is 0.259 e. The van der Waals surface area contributed by atoms with Gasteiger partial charge in [-0.2, -0.15) is 0 Å². The molecule has 2 rings (SSSR count). The fourth-order valence-electron chi connectivity index (χ4n) is 1.97. The van der Waals surface area contributed by atoms with Crippen molar-refractivity contribution in [3.05, 3.63) is 30.1 Å². The third kappa shape index (κ3) is 2.79. The van der Waals surface area contributed by atoms with Crippen LogP contribution in [-0.4, -0.2) is 22.1 Å². The van der Waals surface area contributed by atoms with Gasteiger partial charge >= 0.3 is 0 Å². The Bertz CT molecular complexity index is 576. The van der Waals surface area contributed by atoms with Crippen LogP contribution in [0.25, 0.3) is 11.3 Å². The Morgan fingerprint density at radius 2 is 2.20 bits per heavy atom. The number of nitrogens with zero attached hydrogens (tertiary/aromatic N) is 2. The minimum atomic E-state index is -0.267. The van der Waals surface area contributed by atoms with Crippen LogP contribution >= 0.6 is 0 Å². The van der Waals surface area contributed by atoms with Gasteiger partial charge in [-0.1, -0.05) is 19.0 Å². The number of carbonyl (C=O) groups is 1. The largest absolute Gasteiger partial charge is 0.367 e. The van der Waals surface area contributed by atoms with E-state index in [1.165, 1.54) is 0 Å². The van der Waals surface area contributed by atoms with Crippen molar-refractivity contribution in [3.8, 4) is 11.3 Å². The average molecular weight is 274 g/mol. The number of hydrogen-bond donors (Lipinski definition) is 2. The lowest BCUT2D eigenvalue weighted by Gasteiger charge is -2.14. The number of anilines is 1. The van der Waals surface area contributed by atoms with Gasteiger partial charge in [-0.05, 0) is 25.0 Å². The summed E-state index contributed by atoms with van der Waals surface area (Å²) >= 11 is 0. The Morgan fingerprint density at radius 3 is 2.80 bits per heavy atom. The van der Waals surface area contributed by atoms with E-state index in [-0.39, 0.29) is 23.4 Å². The van der Waals surface area contributed by atoms with Crippen molar-refractivity contribution in [1.82, 2.24) is 15.5 Å². The van der Waals surface area contributed by atoms with Gasteiger partial charge in [0.15, 0.2) is 0 Å². The second kappa shape index (κ2) is 6.18. The number of carbonyl (C=O) groups excluding carboxylic acids is 1. The summed E-state index contributed by atoms with van der Waals surface area (Å²) in [5.41, 5.74) is 7.11. The molecule has 0 unspecified atom stereocenters. The van der Waals surface area contributed by atoms with E-state index < -0.39 is 0 Å². The fraction of sp³-hybridized carbons (Fsp3) is 0.357. The highest BCUT2D eigenvalue weighted by Gasteiger charge is 2.23. The molecule has 2 aromatic rings. The zero-order valence-electron chi connectivity index (χ0n) is 11.6. The molecule has 0 saturated heterocycles. The number of nitrogens with one attached hydrogen (secondary N) is 1. The van der Waals surface area contributed by atoms with E-state index in [0.29, 0.717) is 11.3 Å². The Balaban J connectivity index is 2.32. The van der Waals surface area contributed by atoms with Gasteiger partial charge in [-0.25, -0.2) is 0 Å². The number of pyridine rings is 1. The Hall–Kier alpha value is -2.37. The van der Waals surface area contributed by atoms with Crippen molar-refractivity contribution in [2.75, 3.05) is 5.73 Å². The fourth-order valence-corrected chi connectivity index (χ4v) is 1.97. The molecule has 0 atom stereocenters. The minimum Gasteiger partial charge on any atom is -0.367 e. The van der Waals surface area contributed by atoms with Gasteiger partial charge in [0, 0.05) is 24.0 Å². The summed E-state index contributed by atoms with van der Waals surface area (Å²) < 4.78 is 4.96. The highest BCUT2D eigenvalue weighted by Crippen LogP contribution is 2.26. The quantitative estimate of drug-likeness (QED) is 0.872. The lowest BCUT2D eigenvalue weighted by molar-refractivity contribution is 0.0936. The Labute approximate surface area is 117 Å². The summed E-state index contributed by atoms with van der Waals surface area (Å²) in [6.07, 6.45) is 4.98. The lowest BCUT2D eigenvalue weighted by atomic mass is 10.1. The summed E-state index contributed by atoms with van der Waals surface area (Å²) in [5, 5.41) is 6.80. The van der Waals surface area contributed by atoms with Crippen molar-refractivity contribution in [1.29, 1.82) is 0 Å². The van der Waals surface area contributed by atoms with Crippen molar-refractivity contribution in [2.45, 2.75) is 32.7 Å². The molecule has 0 aromatic carbocycles. The molecular formula is C14H18N4O2. The van der Waals surface area contributed by atoms with Gasteiger partial charge in [0.2, 0.25) is 5.88 Å². The zero-order chi connectivity index (χ0) is 14.5. The van der Waals surface area contributed by atoms with Crippen LogP contribution in [0.15, 0.2) is 29.0 Å². The predicted molar refractivity (Wildman–Crippen MR) is 76.0 cm³/mol. The SMILES string of the molecule is CCC(CC)NC(=O)c1c(-c2cccnc2)noc1N. The molecule has 2 aromatic heterocycles. The van der Waals surface area contributed by atoms with Crippen LogP contribution in [0.1, 0.15) is 37.0 Å². The maximum atomic E-state index is 12.3. The molecule has 6 nitrogen and oxygen atoms in total. The molecule has 2 heterocycles. The maximum Gasteiger partial charge on any atom is 0.259 e. The first-order valence-corrected chi connectivity index (χ1v) is 6.63. The van der Waals surface area contributed by atoms with E-state index in [4.69, 9.17) is 10.3 Å². The second-order valence-electron chi connectivity index (χ2n) is 4.50. The molecule has 0 radical (unpaired) electrons. The molecule has 106 valence electrons. The first-order chi connectivity index (χ1) is 9.67. The van der Waals surface area contributed by atoms with Crippen molar-refractivity contribution < 1.29 is 9.32 Å². The predicted octanol–water partition coefficient (Wildman–Crippen LogP) is 2.24. The van der Waals surface area contributed by atoms with Gasteiger partial charge in [-0.15, -0.1) is 0 Å². The van der Waals surface area contributed by atoms with Gasteiger partial charge < -0.3 is 15.6 Å². The first-order valence-electron chi connectivity index (χ1n) is 6.63. The molecule has 0 bridgehead atoms. The highest BCUT2D eigenvalue weighted by molar-refractivity contribution is 6.03. The lowest BCUT2D eigenvalue weighted by Crippen LogP contribution is -2.34. The molecule has 0 fully saturated rings. The molecular weight excluding hydrogens is 256 g/mol. The molecule has 3 N–H and O–H groups in total. The Kier molecular flexibility index (Phi) is 4.34. The number of nitrogens with two attached hydrogens (primary N) is 1. The molecule has 0 saturated carbocycles. The summed E-state index contributed by atoms with van der Waals surface area (Å²) in [4.78, 5) is 16.3. The summed E-state index contributed by atoms with van der Waals surface area (Å²) in [6, 6.07) is 3.68. The number of nitrogen functional groups attached to an aromatic ring is 1. The number of rotatable bonds is 5. The molecule has 20 heavy (non-hydrogen) atoms. The normalized spacial score (nSPS) is 10.8. The summed E-state index contributed by atoms with van der Waals surface area (Å²) in [5.74, 6) is -0.247. The maximum absolute atomic E-state index is 12.3. The number of hydrogen-bond acceptors (Lipinski definition) is 5. The van der Waals surface area contributed by atoms with E-state index in [2.05, 4.69) is 15.5 Å². The van der Waals surface area contributed by atoms with Crippen LogP contribution in [0.2, 0.25) is 0 Å². The van der Waals surface area contributed by atoms with Gasteiger partial charge in [0.25, 0.3) is 5.91 Å². The first kappa shape index (κ1) is 14.0. The van der Waals surface area contributed by atoms with Crippen molar-refractivity contribution >= 4 is 11.8 Å². The monoisotopic (exact) mass is 274 g/mol. The van der Waals surface area contributed by atoms with E-state index in [0.717, 1.165) is 12.8 Å². The molecule has 6 heteroatoms. The Morgan fingerprint density at radius 1 is 1.45 bits per heavy atom. The zero-order valence-corrected chi connectivity index (χ0v) is 11.6. The summed E-state index contributed by atoms with van der Waals surface area (Å²) in [7, 11) is 0. The van der Waals surface area contributed by atoms with Crippen LogP contribution < -0.4 is 11.1 Å². The topological polar surface area (TPSA) is 94.0 Å². The van der Waals surface area contributed by atoms with Gasteiger partial charge in [0.05, 0.1) is 0 Å². The average Bonchev–Trinajstić information content (AvgIpc) is 2.87. The molecule has 0 aliphatic carbocycles. The summed E-state index contributed by atoms with van der Waals surface area (Å²) in [6.45, 7) is 4.04. The van der Waals surface area contributed by atoms with Crippen molar-refractivity contribution in [2.24, 2.45) is 0 Å².